The number of imidazole rings is 1. The van der Waals surface area contributed by atoms with Crippen molar-refractivity contribution in [3.63, 3.8) is 0 Å². The van der Waals surface area contributed by atoms with Gasteiger partial charge in [-0.15, -0.1) is 10.2 Å². The first-order valence-electron chi connectivity index (χ1n) is 8.89. The van der Waals surface area contributed by atoms with E-state index in [1.807, 2.05) is 73.1 Å². The van der Waals surface area contributed by atoms with E-state index in [1.54, 1.807) is 25.1 Å². The number of rotatable bonds is 6. The van der Waals surface area contributed by atoms with Crippen LogP contribution in [0.15, 0.2) is 70.5 Å². The molecular weight excluding hydrogens is 372 g/mol. The van der Waals surface area contributed by atoms with Gasteiger partial charge in [0.1, 0.15) is 5.75 Å². The maximum atomic E-state index is 5.91. The Hall–Kier alpha value is -3.06. The molecule has 0 bridgehead atoms. The molecule has 0 aliphatic rings. The highest BCUT2D eigenvalue weighted by Gasteiger charge is 2.19. The predicted octanol–water partition coefficient (Wildman–Crippen LogP) is 5.09. The summed E-state index contributed by atoms with van der Waals surface area (Å²) in [6, 6.07) is 15.9. The molecule has 0 aliphatic carbocycles. The third-order valence-electron chi connectivity index (χ3n) is 4.29. The predicted molar refractivity (Wildman–Crippen MR) is 109 cm³/mol. The fourth-order valence-electron chi connectivity index (χ4n) is 2.82. The molecule has 2 aromatic carbocycles. The van der Waals surface area contributed by atoms with Crippen molar-refractivity contribution in [1.82, 2.24) is 19.7 Å². The highest BCUT2D eigenvalue weighted by Crippen LogP contribution is 2.35. The second-order valence-electron chi connectivity index (χ2n) is 6.35. The second-order valence-corrected chi connectivity index (χ2v) is 7.66. The van der Waals surface area contributed by atoms with Gasteiger partial charge in [0.05, 0.1) is 12.4 Å². The Morgan fingerprint density at radius 1 is 1.11 bits per heavy atom. The zero-order valence-electron chi connectivity index (χ0n) is 15.9. The number of hydrogen-bond donors (Lipinski definition) is 0. The summed E-state index contributed by atoms with van der Waals surface area (Å²) in [5.74, 6) is 1.93. The summed E-state index contributed by atoms with van der Waals surface area (Å²) in [4.78, 5) is 4.48. The lowest BCUT2D eigenvalue weighted by molar-refractivity contribution is 0.414. The monoisotopic (exact) mass is 392 g/mol. The van der Waals surface area contributed by atoms with Crippen molar-refractivity contribution in [2.45, 2.75) is 24.3 Å². The molecule has 142 valence electrons. The first-order valence-corrected chi connectivity index (χ1v) is 9.77. The number of nitrogens with zero attached hydrogens (tertiary/aromatic N) is 4. The number of ether oxygens (including phenoxy) is 1. The highest BCUT2D eigenvalue weighted by molar-refractivity contribution is 7.99. The molecule has 0 spiro atoms. The standard InChI is InChI=1S/C21H20N4O2S/c1-14-5-4-6-16(13-14)20-24-23-19(27-20)15(2)28-21-22-11-12-25(21)17-7-9-18(26-3)10-8-17/h4-13,15H,1-3H3/t15-/m0/s1. The summed E-state index contributed by atoms with van der Waals surface area (Å²) in [7, 11) is 1.66. The van der Waals surface area contributed by atoms with Gasteiger partial charge in [-0.1, -0.05) is 29.5 Å². The van der Waals surface area contributed by atoms with Gasteiger partial charge >= 0.3 is 0 Å². The van der Waals surface area contributed by atoms with E-state index in [-0.39, 0.29) is 5.25 Å². The number of thioether (sulfide) groups is 1. The van der Waals surface area contributed by atoms with Crippen LogP contribution in [0.1, 0.15) is 23.6 Å². The molecule has 2 aromatic heterocycles. The van der Waals surface area contributed by atoms with Crippen LogP contribution in [0.25, 0.3) is 17.1 Å². The third-order valence-corrected chi connectivity index (χ3v) is 5.36. The van der Waals surface area contributed by atoms with Gasteiger partial charge in [0.2, 0.25) is 11.8 Å². The number of benzene rings is 2. The van der Waals surface area contributed by atoms with E-state index in [2.05, 4.69) is 15.2 Å². The molecule has 0 saturated heterocycles. The molecular formula is C21H20N4O2S. The smallest absolute Gasteiger partial charge is 0.247 e. The minimum absolute atomic E-state index is 0.0366. The quantitative estimate of drug-likeness (QED) is 0.426. The van der Waals surface area contributed by atoms with Gasteiger partial charge in [-0.2, -0.15) is 0 Å². The first-order chi connectivity index (χ1) is 13.6. The van der Waals surface area contributed by atoms with Crippen molar-refractivity contribution >= 4 is 11.8 Å². The molecule has 0 aliphatic heterocycles. The van der Waals surface area contributed by atoms with Gasteiger partial charge in [-0.25, -0.2) is 4.98 Å². The zero-order chi connectivity index (χ0) is 19.5. The molecule has 7 heteroatoms. The molecule has 2 heterocycles. The lowest BCUT2D eigenvalue weighted by Gasteiger charge is -2.10. The number of aromatic nitrogens is 4. The van der Waals surface area contributed by atoms with E-state index in [1.165, 1.54) is 0 Å². The van der Waals surface area contributed by atoms with Gasteiger partial charge in [0, 0.05) is 23.6 Å². The van der Waals surface area contributed by atoms with Crippen LogP contribution in [0.3, 0.4) is 0 Å². The molecule has 28 heavy (non-hydrogen) atoms. The van der Waals surface area contributed by atoms with Crippen LogP contribution >= 0.6 is 11.8 Å². The van der Waals surface area contributed by atoms with E-state index in [9.17, 15) is 0 Å². The van der Waals surface area contributed by atoms with Crippen molar-refractivity contribution < 1.29 is 9.15 Å². The molecule has 0 fully saturated rings. The average Bonchev–Trinajstić information content (AvgIpc) is 3.38. The lowest BCUT2D eigenvalue weighted by atomic mass is 10.1. The van der Waals surface area contributed by atoms with E-state index in [0.29, 0.717) is 11.8 Å². The molecule has 0 unspecified atom stereocenters. The summed E-state index contributed by atoms with van der Waals surface area (Å²) >= 11 is 1.57. The van der Waals surface area contributed by atoms with Gasteiger partial charge in [-0.05, 0) is 50.2 Å². The van der Waals surface area contributed by atoms with Crippen molar-refractivity contribution in [3.05, 3.63) is 72.4 Å². The Labute approximate surface area is 167 Å². The van der Waals surface area contributed by atoms with Crippen LogP contribution < -0.4 is 4.74 Å². The molecule has 4 rings (SSSR count). The van der Waals surface area contributed by atoms with Crippen molar-refractivity contribution in [2.24, 2.45) is 0 Å². The largest absolute Gasteiger partial charge is 0.497 e. The maximum Gasteiger partial charge on any atom is 0.247 e. The zero-order valence-corrected chi connectivity index (χ0v) is 16.7. The normalized spacial score (nSPS) is 12.1. The van der Waals surface area contributed by atoms with E-state index in [4.69, 9.17) is 9.15 Å². The van der Waals surface area contributed by atoms with Gasteiger partial charge in [0.15, 0.2) is 5.16 Å². The van der Waals surface area contributed by atoms with E-state index >= 15 is 0 Å². The Kier molecular flexibility index (Phi) is 5.16. The Morgan fingerprint density at radius 3 is 2.68 bits per heavy atom. The summed E-state index contributed by atoms with van der Waals surface area (Å²) < 4.78 is 13.2. The molecule has 6 nitrogen and oxygen atoms in total. The Bertz CT molecular complexity index is 1070. The van der Waals surface area contributed by atoms with Crippen LogP contribution in [0.2, 0.25) is 0 Å². The number of methoxy groups -OCH3 is 1. The fraction of sp³-hybridized carbons (Fsp3) is 0.190. The molecule has 4 aromatic rings. The Balaban J connectivity index is 1.53. The molecule has 1 atom stereocenters. The van der Waals surface area contributed by atoms with Crippen LogP contribution in [0.4, 0.5) is 0 Å². The lowest BCUT2D eigenvalue weighted by Crippen LogP contribution is -1.97. The van der Waals surface area contributed by atoms with Crippen molar-refractivity contribution in [2.75, 3.05) is 7.11 Å². The van der Waals surface area contributed by atoms with Gasteiger partial charge < -0.3 is 9.15 Å². The average molecular weight is 392 g/mol. The second kappa shape index (κ2) is 7.90. The topological polar surface area (TPSA) is 66.0 Å². The molecule has 0 saturated carbocycles. The van der Waals surface area contributed by atoms with E-state index < -0.39 is 0 Å². The SMILES string of the molecule is COc1ccc(-n2ccnc2S[C@@H](C)c2nnc(-c3cccc(C)c3)o2)cc1. The van der Waals surface area contributed by atoms with Gasteiger partial charge in [0.25, 0.3) is 0 Å². The first kappa shape index (κ1) is 18.3. The van der Waals surface area contributed by atoms with Crippen LogP contribution in [0.5, 0.6) is 5.75 Å². The van der Waals surface area contributed by atoms with Gasteiger partial charge in [-0.3, -0.25) is 4.57 Å². The summed E-state index contributed by atoms with van der Waals surface area (Å²) in [6.45, 7) is 4.07. The Morgan fingerprint density at radius 2 is 1.93 bits per heavy atom. The number of aryl methyl sites for hydroxylation is 1. The summed E-state index contributed by atoms with van der Waals surface area (Å²) in [5.41, 5.74) is 3.09. The third kappa shape index (κ3) is 3.80. The molecule has 0 N–H and O–H groups in total. The minimum Gasteiger partial charge on any atom is -0.497 e. The fourth-order valence-corrected chi connectivity index (χ4v) is 3.73. The summed E-state index contributed by atoms with van der Waals surface area (Å²) in [5, 5.41) is 9.26. The highest BCUT2D eigenvalue weighted by atomic mass is 32.2. The van der Waals surface area contributed by atoms with Crippen LogP contribution in [0, 0.1) is 6.92 Å². The minimum atomic E-state index is -0.0366. The van der Waals surface area contributed by atoms with Crippen LogP contribution in [-0.4, -0.2) is 26.9 Å². The molecule has 0 radical (unpaired) electrons. The van der Waals surface area contributed by atoms with E-state index in [0.717, 1.165) is 27.7 Å². The maximum absolute atomic E-state index is 5.91. The number of hydrogen-bond acceptors (Lipinski definition) is 6. The van der Waals surface area contributed by atoms with Crippen molar-refractivity contribution in [1.29, 1.82) is 0 Å². The molecule has 0 amide bonds. The van der Waals surface area contributed by atoms with Crippen molar-refractivity contribution in [3.8, 4) is 22.9 Å². The summed E-state index contributed by atoms with van der Waals surface area (Å²) in [6.07, 6.45) is 3.72. The van der Waals surface area contributed by atoms with Crippen LogP contribution in [-0.2, 0) is 0 Å².